The van der Waals surface area contributed by atoms with Gasteiger partial charge in [-0.15, -0.1) is 0 Å². The Morgan fingerprint density at radius 2 is 0.818 bits per heavy atom. The number of carbonyl (C=O) groups excluding carboxylic acids is 4. The second kappa shape index (κ2) is 20.7. The van der Waals surface area contributed by atoms with Crippen LogP contribution in [0.4, 0.5) is 9.59 Å². The van der Waals surface area contributed by atoms with Gasteiger partial charge in [0.2, 0.25) is 0 Å². The first-order chi connectivity index (χ1) is 21.2. The van der Waals surface area contributed by atoms with E-state index in [4.69, 9.17) is 9.47 Å². The first kappa shape index (κ1) is 36.0. The average Bonchev–Trinajstić information content (AvgIpc) is 2.99. The molecule has 0 heterocycles. The average molecular weight is 619 g/mol. The Kier molecular flexibility index (Phi) is 16.9. The van der Waals surface area contributed by atoms with Crippen molar-refractivity contribution in [1.82, 2.24) is 0 Å². The summed E-state index contributed by atoms with van der Waals surface area (Å²) in [6, 6.07) is 10.3. The van der Waals surface area contributed by atoms with Crippen molar-refractivity contribution in [3.05, 3.63) is 69.8 Å². The monoisotopic (exact) mass is 618 g/mol. The number of unbranched alkanes of at least 4 members (excludes halogenated alkanes) is 9. The number of hydrogen-bond donors (Lipinski definition) is 0. The molecule has 0 aliphatic rings. The Morgan fingerprint density at radius 1 is 0.477 bits per heavy atom. The van der Waals surface area contributed by atoms with Crippen LogP contribution in [0.1, 0.15) is 107 Å². The highest BCUT2D eigenvalue weighted by Gasteiger charge is 2.16. The van der Waals surface area contributed by atoms with E-state index in [1.165, 1.54) is 0 Å². The Balaban J connectivity index is 1.34. The lowest BCUT2D eigenvalue weighted by Crippen LogP contribution is -2.13. The van der Waals surface area contributed by atoms with Gasteiger partial charge in [0, 0.05) is 0 Å². The Labute approximate surface area is 257 Å². The predicted octanol–water partition coefficient (Wildman–Crippen LogP) is 7.83. The van der Waals surface area contributed by atoms with Crippen molar-refractivity contribution in [3.63, 3.8) is 0 Å². The molecule has 0 aliphatic carbocycles. The molecule has 242 valence electrons. The molecule has 2 aromatic carbocycles. The Morgan fingerprint density at radius 3 is 1.18 bits per heavy atom. The van der Waals surface area contributed by atoms with Crippen molar-refractivity contribution in [2.45, 2.75) is 91.9 Å². The molecule has 0 fully saturated rings. The second-order valence-corrected chi connectivity index (χ2v) is 10.3. The molecule has 0 bridgehead atoms. The molecule has 12 heteroatoms. The van der Waals surface area contributed by atoms with E-state index in [-0.39, 0.29) is 13.2 Å². The summed E-state index contributed by atoms with van der Waals surface area (Å²) < 4.78 is 9.78. The molecule has 0 saturated carbocycles. The molecule has 0 unspecified atom stereocenters. The largest absolute Gasteiger partial charge is 0.543 e. The maximum atomic E-state index is 12.0. The molecule has 0 aliphatic heterocycles. The first-order valence-electron chi connectivity index (χ1n) is 14.8. The molecule has 0 atom stereocenters. The van der Waals surface area contributed by atoms with E-state index < -0.39 is 24.2 Å². The lowest BCUT2D eigenvalue weighted by molar-refractivity contribution is -0.452. The standard InChI is InChI=1S/C32H42O12/c1-23-17-15-19-27(25(23)3)29(33)39-43-41-31(35)37-21-13-11-9-7-5-6-8-10-12-14-22-38-32(36)42-44-40-30(34)28-20-16-18-24(2)26(28)4/h15-20H,5-14,21-22H2,1-4H3. The molecule has 2 aromatic rings. The minimum absolute atomic E-state index is 0.174. The van der Waals surface area contributed by atoms with Crippen molar-refractivity contribution in [3.8, 4) is 0 Å². The van der Waals surface area contributed by atoms with Gasteiger partial charge in [0.15, 0.2) is 0 Å². The third-order valence-electron chi connectivity index (χ3n) is 7.05. The Bertz CT molecular complexity index is 1120. The smallest absolute Gasteiger partial charge is 0.432 e. The lowest BCUT2D eigenvalue weighted by atomic mass is 10.0. The summed E-state index contributed by atoms with van der Waals surface area (Å²) in [5, 5.41) is 8.50. The number of hydrogen-bond acceptors (Lipinski definition) is 12. The predicted molar refractivity (Wildman–Crippen MR) is 156 cm³/mol. The van der Waals surface area contributed by atoms with Gasteiger partial charge < -0.3 is 9.47 Å². The summed E-state index contributed by atoms with van der Waals surface area (Å²) in [6.45, 7) is 7.63. The van der Waals surface area contributed by atoms with Crippen LogP contribution < -0.4 is 0 Å². The van der Waals surface area contributed by atoms with E-state index in [9.17, 15) is 19.2 Å². The van der Waals surface area contributed by atoms with Gasteiger partial charge in [0.25, 0.3) is 0 Å². The second-order valence-electron chi connectivity index (χ2n) is 10.3. The van der Waals surface area contributed by atoms with Crippen LogP contribution >= 0.6 is 0 Å². The molecule has 2 rings (SSSR count). The summed E-state index contributed by atoms with van der Waals surface area (Å²) in [5.41, 5.74) is 3.96. The maximum absolute atomic E-state index is 12.0. The fraction of sp³-hybridized carbons (Fsp3) is 0.500. The molecule has 0 amide bonds. The number of benzene rings is 2. The summed E-state index contributed by atoms with van der Waals surface area (Å²) in [4.78, 5) is 64.6. The summed E-state index contributed by atoms with van der Waals surface area (Å²) in [5.74, 6) is -1.54. The van der Waals surface area contributed by atoms with Gasteiger partial charge in [-0.1, -0.05) is 75.6 Å². The van der Waals surface area contributed by atoms with Gasteiger partial charge in [-0.3, -0.25) is 9.78 Å². The third kappa shape index (κ3) is 13.9. The van der Waals surface area contributed by atoms with Crippen molar-refractivity contribution in [2.75, 3.05) is 13.2 Å². The van der Waals surface area contributed by atoms with Gasteiger partial charge >= 0.3 is 24.2 Å². The molecule has 0 saturated heterocycles. The summed E-state index contributed by atoms with van der Waals surface area (Å²) in [6.07, 6.45) is 7.38. The zero-order valence-electron chi connectivity index (χ0n) is 25.8. The fourth-order valence-corrected chi connectivity index (χ4v) is 4.16. The van der Waals surface area contributed by atoms with Crippen molar-refractivity contribution < 1.29 is 58.3 Å². The number of aryl methyl sites for hydroxylation is 2. The molecule has 0 spiro atoms. The van der Waals surface area contributed by atoms with Gasteiger partial charge in [-0.2, -0.15) is 0 Å². The topological polar surface area (TPSA) is 142 Å². The fourth-order valence-electron chi connectivity index (χ4n) is 4.16. The van der Waals surface area contributed by atoms with Gasteiger partial charge in [-0.05, 0) is 74.9 Å². The number of rotatable bonds is 19. The minimum atomic E-state index is -1.08. The van der Waals surface area contributed by atoms with Gasteiger partial charge in [0.05, 0.1) is 34.4 Å². The van der Waals surface area contributed by atoms with Crippen LogP contribution in [-0.4, -0.2) is 37.5 Å². The zero-order valence-corrected chi connectivity index (χ0v) is 25.8. The highest BCUT2D eigenvalue weighted by molar-refractivity contribution is 5.91. The number of ether oxygens (including phenoxy) is 2. The van der Waals surface area contributed by atoms with Crippen LogP contribution in [0.3, 0.4) is 0 Å². The van der Waals surface area contributed by atoms with E-state index in [1.807, 2.05) is 26.0 Å². The molecule has 12 nitrogen and oxygen atoms in total. The highest BCUT2D eigenvalue weighted by atomic mass is 17.5. The van der Waals surface area contributed by atoms with Gasteiger partial charge in [0.1, 0.15) is 0 Å². The van der Waals surface area contributed by atoms with Gasteiger partial charge in [-0.25, -0.2) is 29.0 Å². The van der Waals surface area contributed by atoms with Crippen LogP contribution in [0.2, 0.25) is 0 Å². The molecule has 0 radical (unpaired) electrons. The van der Waals surface area contributed by atoms with Crippen molar-refractivity contribution in [1.29, 1.82) is 0 Å². The maximum Gasteiger partial charge on any atom is 0.543 e. The van der Waals surface area contributed by atoms with Crippen LogP contribution in [-0.2, 0) is 39.1 Å². The summed E-state index contributed by atoms with van der Waals surface area (Å²) in [7, 11) is 0. The molecule has 0 N–H and O–H groups in total. The zero-order chi connectivity index (χ0) is 32.2. The Hall–Kier alpha value is -4.16. The quantitative estimate of drug-likeness (QED) is 0.0655. The van der Waals surface area contributed by atoms with Crippen LogP contribution in [0.5, 0.6) is 0 Å². The first-order valence-corrected chi connectivity index (χ1v) is 14.8. The van der Waals surface area contributed by atoms with Crippen LogP contribution in [0, 0.1) is 27.7 Å². The van der Waals surface area contributed by atoms with Crippen molar-refractivity contribution in [2.24, 2.45) is 0 Å². The summed E-state index contributed by atoms with van der Waals surface area (Å²) >= 11 is 0. The molecular weight excluding hydrogens is 576 g/mol. The number of carbonyl (C=O) groups is 4. The molecular formula is C32H42O12. The van der Waals surface area contributed by atoms with E-state index >= 15 is 0 Å². The van der Waals surface area contributed by atoms with Crippen molar-refractivity contribution >= 4 is 24.2 Å². The van der Waals surface area contributed by atoms with E-state index in [2.05, 4.69) is 29.6 Å². The SMILES string of the molecule is Cc1cccc(C(=O)OOOC(=O)OCCCCCCCCCCCCOC(=O)OOOC(=O)c2cccc(C)c2C)c1C. The third-order valence-corrected chi connectivity index (χ3v) is 7.05. The molecule has 0 aromatic heterocycles. The van der Waals surface area contributed by atoms with E-state index in [0.717, 1.165) is 73.6 Å². The van der Waals surface area contributed by atoms with Crippen LogP contribution in [0.15, 0.2) is 36.4 Å². The highest BCUT2D eigenvalue weighted by Crippen LogP contribution is 2.15. The lowest BCUT2D eigenvalue weighted by Gasteiger charge is -2.07. The van der Waals surface area contributed by atoms with E-state index in [0.29, 0.717) is 24.0 Å². The van der Waals surface area contributed by atoms with Crippen LogP contribution in [0.25, 0.3) is 0 Å². The molecule has 44 heavy (non-hydrogen) atoms. The van der Waals surface area contributed by atoms with E-state index in [1.54, 1.807) is 38.1 Å². The normalized spacial score (nSPS) is 10.5. The minimum Gasteiger partial charge on any atom is -0.432 e.